The molecule has 6 rings (SSSR count). The third kappa shape index (κ3) is 28.6. The van der Waals surface area contributed by atoms with Gasteiger partial charge in [0.05, 0.1) is 25.9 Å². The highest BCUT2D eigenvalue weighted by Gasteiger charge is 2.48. The van der Waals surface area contributed by atoms with E-state index in [0.717, 1.165) is 0 Å². The fourth-order valence-corrected chi connectivity index (χ4v) is 14.1. The Morgan fingerprint density at radius 2 is 0.783 bits per heavy atom. The van der Waals surface area contributed by atoms with Gasteiger partial charge in [-0.1, -0.05) is 144 Å². The summed E-state index contributed by atoms with van der Waals surface area (Å²) in [6, 6.07) is 0. The van der Waals surface area contributed by atoms with Gasteiger partial charge in [-0.25, -0.2) is 43.3 Å². The van der Waals surface area contributed by atoms with Gasteiger partial charge in [0, 0.05) is 0 Å². The van der Waals surface area contributed by atoms with Crippen LogP contribution in [0.4, 0.5) is 11.6 Å². The van der Waals surface area contributed by atoms with Crippen LogP contribution >= 0.6 is 46.6 Å². The standard InChI is InChI=1S/C22H30BN10O15P3S2.3C12H27N/c1-52-21-28-15(24)9-17(30-21)32(5-26-9)19-13(36)11(34)7(45-19)3-43-49(23,38)47-51(41,42)48-50(39,40)44-4-8-12(35)14(37)20(46-8)33-6-27-10-16(25)29-22(53-2)31-18(10)33;3*1-4-7-10-13(11-8-5-2)12-9-6-3/h5-8,11-14,19-20,34-37H,3-4H2,1-2H3,(H,39,40)(H,41,42)(H2,24,28,30)(H2,25,29,31);3*4-12H2,1-3H3/t7-,8-,11-,12-,13-,14-,19-,20-,49?;;;/m1.../s1. The second-order valence-electron chi connectivity index (χ2n) is 22.9. The number of hydrogen-bond donors (Lipinski definition) is 8. The third-order valence-corrected chi connectivity index (χ3v) is 20.6. The van der Waals surface area contributed by atoms with Crippen molar-refractivity contribution in [3.8, 4) is 0 Å². The monoisotopic (exact) mass is 1400 g/mol. The highest BCUT2D eigenvalue weighted by Crippen LogP contribution is 2.67. The molecule has 0 spiro atoms. The fraction of sp³-hybridized carbons (Fsp3) is 0.828. The minimum absolute atomic E-state index is 0.0378. The van der Waals surface area contributed by atoms with Crippen LogP contribution in [0, 0.1) is 0 Å². The number of unbranched alkanes of at least 4 members (excludes halogenated alkanes) is 9. The molecule has 11 atom stereocenters. The summed E-state index contributed by atoms with van der Waals surface area (Å²) in [5, 5.41) is 43.0. The van der Waals surface area contributed by atoms with Crippen molar-refractivity contribution in [2.75, 3.05) is 96.1 Å². The van der Waals surface area contributed by atoms with Crippen LogP contribution in [0.25, 0.3) is 22.3 Å². The number of nitrogens with two attached hydrogens (primary N) is 2. The maximum atomic E-state index is 12.8. The number of anilines is 2. The number of ether oxygens (including phenoxy) is 2. The number of aliphatic hydroxyl groups excluding tert-OH is 4. The average molecular weight is 1400 g/mol. The van der Waals surface area contributed by atoms with Crippen molar-refractivity contribution >= 4 is 88.2 Å². The van der Waals surface area contributed by atoms with E-state index in [9.17, 15) is 43.9 Å². The molecule has 528 valence electrons. The summed E-state index contributed by atoms with van der Waals surface area (Å²) < 4.78 is 69.7. The Morgan fingerprint density at radius 1 is 0.489 bits per heavy atom. The normalized spacial score (nSPS) is 21.8. The topological polar surface area (TPSA) is 377 Å². The molecule has 2 saturated heterocycles. The molecule has 2 aliphatic rings. The highest BCUT2D eigenvalue weighted by molar-refractivity contribution is 7.98. The molecule has 0 saturated carbocycles. The van der Waals surface area contributed by atoms with E-state index in [4.69, 9.17) is 33.0 Å². The molecule has 0 bridgehead atoms. The van der Waals surface area contributed by atoms with Crippen molar-refractivity contribution < 1.29 is 71.1 Å². The first-order valence-corrected chi connectivity index (χ1v) is 40.0. The lowest BCUT2D eigenvalue weighted by atomic mass is 10.1. The molecule has 92 heavy (non-hydrogen) atoms. The first-order chi connectivity index (χ1) is 43.9. The molecule has 10 N–H and O–H groups in total. The van der Waals surface area contributed by atoms with Crippen molar-refractivity contribution in [2.45, 2.75) is 237 Å². The van der Waals surface area contributed by atoms with E-state index >= 15 is 0 Å². The summed E-state index contributed by atoms with van der Waals surface area (Å²) in [6.45, 7) is 30.4. The number of hydrogen-bond acceptors (Lipinski definition) is 26. The molecule has 2 fully saturated rings. The van der Waals surface area contributed by atoms with E-state index in [1.807, 2.05) is 0 Å². The van der Waals surface area contributed by atoms with Crippen LogP contribution in [0.3, 0.4) is 0 Å². The van der Waals surface area contributed by atoms with Crippen LogP contribution in [-0.2, 0) is 40.8 Å². The van der Waals surface area contributed by atoms with Crippen molar-refractivity contribution in [1.82, 2.24) is 53.7 Å². The second-order valence-corrected chi connectivity index (χ2v) is 29.2. The minimum Gasteiger partial charge on any atom is -0.387 e. The molecule has 4 aromatic heterocycles. The van der Waals surface area contributed by atoms with E-state index in [0.29, 0.717) is 0 Å². The second kappa shape index (κ2) is 44.5. The van der Waals surface area contributed by atoms with Crippen LogP contribution in [0.5, 0.6) is 0 Å². The van der Waals surface area contributed by atoms with E-state index < -0.39 is 85.4 Å². The SMILES string of the molecule is CCCCN(CCCC)CCCC.CCCCN(CCCC)CCCC.CCCCN(CCCC)CCCC.[B]P(=O)(OC[C@H]1O[C@@H](n2cnc3c(N)nc(SC)nc32)[C@H](O)[C@@H]1O)OP(=O)(O)OP(=O)(O)OC[C@H]1O[C@@H](n2cnc3c(N)nc(SC)nc32)[C@H](O)[C@@H]1O. The molecule has 4 aromatic rings. The van der Waals surface area contributed by atoms with Gasteiger partial charge in [0.1, 0.15) is 47.7 Å². The average Bonchev–Trinajstić information content (AvgIpc) is 1.65. The van der Waals surface area contributed by atoms with Gasteiger partial charge in [0.15, 0.2) is 45.7 Å². The molecule has 34 heteroatoms. The summed E-state index contributed by atoms with van der Waals surface area (Å²) in [7, 11) is -11.2. The summed E-state index contributed by atoms with van der Waals surface area (Å²) in [5.74, 6) is 0.0832. The molecule has 2 aliphatic heterocycles. The lowest BCUT2D eigenvalue weighted by Gasteiger charge is -2.22. The Hall–Kier alpha value is -2.45. The number of fused-ring (bicyclic) bond motifs is 2. The zero-order valence-electron chi connectivity index (χ0n) is 56.4. The number of aromatic nitrogens is 8. The number of phosphoric acid groups is 2. The summed E-state index contributed by atoms with van der Waals surface area (Å²) in [5.41, 5.74) is 12.5. The van der Waals surface area contributed by atoms with Crippen molar-refractivity contribution in [3.63, 3.8) is 0 Å². The van der Waals surface area contributed by atoms with Crippen LogP contribution < -0.4 is 11.5 Å². The maximum absolute atomic E-state index is 12.8. The van der Waals surface area contributed by atoms with Gasteiger partial charge in [-0.2, -0.15) is 4.31 Å². The number of nitrogen functional groups attached to an aromatic ring is 2. The number of nitrogens with zero attached hydrogens (tertiary/aromatic N) is 11. The predicted molar refractivity (Wildman–Crippen MR) is 365 cm³/mol. The number of imidazole rings is 2. The summed E-state index contributed by atoms with van der Waals surface area (Å²) in [4.78, 5) is 53.0. The van der Waals surface area contributed by atoms with Gasteiger partial charge in [-0.05, 0) is 129 Å². The smallest absolute Gasteiger partial charge is 0.387 e. The predicted octanol–water partition coefficient (Wildman–Crippen LogP) is 10.1. The molecule has 0 aliphatic carbocycles. The largest absolute Gasteiger partial charge is 0.487 e. The molecule has 0 aromatic carbocycles. The van der Waals surface area contributed by atoms with Gasteiger partial charge >= 0.3 is 15.6 Å². The van der Waals surface area contributed by atoms with Gasteiger partial charge < -0.3 is 70.4 Å². The molecular formula is C58H111BN13O15P3S2. The molecule has 6 heterocycles. The fourth-order valence-electron chi connectivity index (χ4n) is 9.71. The Labute approximate surface area is 556 Å². The zero-order valence-corrected chi connectivity index (χ0v) is 60.8. The van der Waals surface area contributed by atoms with E-state index in [2.05, 4.69) is 120 Å². The lowest BCUT2D eigenvalue weighted by molar-refractivity contribution is -0.0504. The number of aliphatic hydroxyl groups is 4. The summed E-state index contributed by atoms with van der Waals surface area (Å²) >= 11 is 2.35. The highest BCUT2D eigenvalue weighted by atomic mass is 32.2. The van der Waals surface area contributed by atoms with Crippen LogP contribution in [-0.4, -0.2) is 213 Å². The zero-order chi connectivity index (χ0) is 68.4. The van der Waals surface area contributed by atoms with Crippen molar-refractivity contribution in [1.29, 1.82) is 0 Å². The molecule has 0 amide bonds. The maximum Gasteiger partial charge on any atom is 0.487 e. The molecular weight excluding hydrogens is 1290 g/mol. The number of thioether (sulfide) groups is 2. The molecule has 3 unspecified atom stereocenters. The van der Waals surface area contributed by atoms with Crippen LogP contribution in [0.2, 0.25) is 0 Å². The van der Waals surface area contributed by atoms with Crippen molar-refractivity contribution in [3.05, 3.63) is 12.7 Å². The van der Waals surface area contributed by atoms with E-state index in [1.54, 1.807) is 12.5 Å². The third-order valence-electron chi connectivity index (χ3n) is 15.1. The Balaban J connectivity index is 0.000000457. The van der Waals surface area contributed by atoms with Crippen molar-refractivity contribution in [2.24, 2.45) is 0 Å². The Kier molecular flexibility index (Phi) is 40.5. The molecule has 28 nitrogen and oxygen atoms in total. The van der Waals surface area contributed by atoms with E-state index in [1.165, 1.54) is 220 Å². The van der Waals surface area contributed by atoms with Gasteiger partial charge in [0.25, 0.3) is 7.47 Å². The van der Waals surface area contributed by atoms with Crippen LogP contribution in [0.15, 0.2) is 23.0 Å². The van der Waals surface area contributed by atoms with Gasteiger partial charge in [-0.3, -0.25) is 18.2 Å². The van der Waals surface area contributed by atoms with Gasteiger partial charge in [-0.15, -0.1) is 0 Å². The number of rotatable bonds is 41. The molecule has 2 radical (unpaired) electrons. The Bertz CT molecular complexity index is 2570. The van der Waals surface area contributed by atoms with E-state index in [-0.39, 0.29) is 44.3 Å². The first kappa shape index (κ1) is 83.8. The number of phosphoric ester groups is 1. The van der Waals surface area contributed by atoms with Gasteiger partial charge in [0.2, 0.25) is 7.57 Å². The quantitative estimate of drug-likeness (QED) is 0.00886. The minimum atomic E-state index is -5.83. The first-order valence-electron chi connectivity index (χ1n) is 32.9. The Morgan fingerprint density at radius 3 is 1.07 bits per heavy atom. The lowest BCUT2D eigenvalue weighted by Crippen LogP contribution is -2.33. The summed E-state index contributed by atoms with van der Waals surface area (Å²) in [6.07, 6.45) is 17.7. The van der Waals surface area contributed by atoms with Crippen LogP contribution in [0.1, 0.15) is 190 Å².